The summed E-state index contributed by atoms with van der Waals surface area (Å²) in [7, 11) is -3.58. The summed E-state index contributed by atoms with van der Waals surface area (Å²) < 4.78 is 29.1. The average molecular weight is 392 g/mol. The van der Waals surface area contributed by atoms with Crippen molar-refractivity contribution in [2.45, 2.75) is 17.7 Å². The van der Waals surface area contributed by atoms with Gasteiger partial charge in [-0.15, -0.1) is 21.5 Å². The minimum atomic E-state index is -3.58. The van der Waals surface area contributed by atoms with Crippen LogP contribution in [0.2, 0.25) is 0 Å². The standard InChI is InChI=1S/C15H13N5O2S3/c1-10-2-5-15(24-10)25(21,22)16-8-14-18-17-13-4-3-12(19-20(13)14)11-6-7-23-9-11/h2-7,9,16H,8H2,1H3. The number of nitrogens with zero attached hydrogens (tertiary/aromatic N) is 4. The Morgan fingerprint density at radius 1 is 1.16 bits per heavy atom. The van der Waals surface area contributed by atoms with Crippen LogP contribution in [0.1, 0.15) is 10.7 Å². The molecule has 128 valence electrons. The fourth-order valence-corrected chi connectivity index (χ4v) is 5.25. The molecule has 0 bridgehead atoms. The van der Waals surface area contributed by atoms with E-state index < -0.39 is 10.0 Å². The quantitative estimate of drug-likeness (QED) is 0.565. The molecule has 0 fully saturated rings. The molecule has 0 aromatic carbocycles. The maximum absolute atomic E-state index is 12.4. The molecule has 0 aliphatic carbocycles. The van der Waals surface area contributed by atoms with Crippen molar-refractivity contribution >= 4 is 38.3 Å². The number of aryl methyl sites for hydroxylation is 1. The molecular formula is C15H13N5O2S3. The highest BCUT2D eigenvalue weighted by atomic mass is 32.2. The van der Waals surface area contributed by atoms with Crippen molar-refractivity contribution in [2.24, 2.45) is 0 Å². The summed E-state index contributed by atoms with van der Waals surface area (Å²) in [5.74, 6) is 0.434. The molecule has 10 heteroatoms. The number of nitrogens with one attached hydrogen (secondary N) is 1. The summed E-state index contributed by atoms with van der Waals surface area (Å²) in [6, 6.07) is 9.03. The first-order valence-corrected chi connectivity index (χ1v) is 10.6. The van der Waals surface area contributed by atoms with E-state index in [0.717, 1.165) is 16.1 Å². The highest BCUT2D eigenvalue weighted by molar-refractivity contribution is 7.91. The second-order valence-corrected chi connectivity index (χ2v) is 9.37. The normalized spacial score (nSPS) is 12.0. The molecule has 0 spiro atoms. The molecule has 4 rings (SSSR count). The van der Waals surface area contributed by atoms with Crippen LogP contribution in [0.25, 0.3) is 16.9 Å². The number of hydrogen-bond acceptors (Lipinski definition) is 7. The zero-order chi connectivity index (χ0) is 17.4. The first kappa shape index (κ1) is 16.3. The van der Waals surface area contributed by atoms with Gasteiger partial charge in [-0.05, 0) is 42.6 Å². The predicted octanol–water partition coefficient (Wildman–Crippen LogP) is 2.70. The van der Waals surface area contributed by atoms with Crippen LogP contribution < -0.4 is 4.72 Å². The van der Waals surface area contributed by atoms with E-state index in [-0.39, 0.29) is 10.8 Å². The molecule has 25 heavy (non-hydrogen) atoms. The fourth-order valence-electron chi connectivity index (χ4n) is 2.29. The Hall–Kier alpha value is -2.14. The van der Waals surface area contributed by atoms with Gasteiger partial charge in [-0.3, -0.25) is 0 Å². The molecule has 0 saturated heterocycles. The van der Waals surface area contributed by atoms with Crippen LogP contribution in [0, 0.1) is 6.92 Å². The maximum Gasteiger partial charge on any atom is 0.250 e. The summed E-state index contributed by atoms with van der Waals surface area (Å²) in [6.45, 7) is 1.88. The third-order valence-electron chi connectivity index (χ3n) is 3.55. The van der Waals surface area contributed by atoms with E-state index in [9.17, 15) is 8.42 Å². The molecule has 0 aliphatic heterocycles. The minimum absolute atomic E-state index is 0.0144. The topological polar surface area (TPSA) is 89.2 Å². The average Bonchev–Trinajstić information content (AvgIpc) is 3.33. The molecule has 0 aliphatic rings. The molecule has 4 aromatic heterocycles. The van der Waals surface area contributed by atoms with Gasteiger partial charge in [0, 0.05) is 15.8 Å². The number of aromatic nitrogens is 4. The summed E-state index contributed by atoms with van der Waals surface area (Å²) in [5.41, 5.74) is 2.35. The van der Waals surface area contributed by atoms with Gasteiger partial charge in [0.25, 0.3) is 0 Å². The molecule has 4 heterocycles. The van der Waals surface area contributed by atoms with Gasteiger partial charge in [0.05, 0.1) is 12.2 Å². The van der Waals surface area contributed by atoms with Crippen LogP contribution in [0.4, 0.5) is 0 Å². The van der Waals surface area contributed by atoms with Gasteiger partial charge in [-0.25, -0.2) is 13.1 Å². The van der Waals surface area contributed by atoms with Gasteiger partial charge in [0.2, 0.25) is 10.0 Å². The third kappa shape index (κ3) is 3.21. The van der Waals surface area contributed by atoms with Crippen LogP contribution in [0.3, 0.4) is 0 Å². The zero-order valence-corrected chi connectivity index (χ0v) is 15.5. The van der Waals surface area contributed by atoms with Crippen molar-refractivity contribution in [3.63, 3.8) is 0 Å². The van der Waals surface area contributed by atoms with E-state index in [1.54, 1.807) is 28.0 Å². The number of hydrogen-bond donors (Lipinski definition) is 1. The monoisotopic (exact) mass is 391 g/mol. The summed E-state index contributed by atoms with van der Waals surface area (Å²) in [6.07, 6.45) is 0. The Morgan fingerprint density at radius 3 is 2.76 bits per heavy atom. The van der Waals surface area contributed by atoms with Crippen molar-refractivity contribution in [1.29, 1.82) is 0 Å². The third-order valence-corrected chi connectivity index (χ3v) is 7.12. The van der Waals surface area contributed by atoms with Crippen LogP contribution in [-0.2, 0) is 16.6 Å². The molecular weight excluding hydrogens is 378 g/mol. The Labute approximate surface area is 152 Å². The lowest BCUT2D eigenvalue weighted by Crippen LogP contribution is -2.23. The van der Waals surface area contributed by atoms with E-state index in [0.29, 0.717) is 11.5 Å². The van der Waals surface area contributed by atoms with Gasteiger partial charge >= 0.3 is 0 Å². The lowest BCUT2D eigenvalue weighted by molar-refractivity contribution is 0.580. The van der Waals surface area contributed by atoms with E-state index in [2.05, 4.69) is 20.0 Å². The van der Waals surface area contributed by atoms with Crippen molar-refractivity contribution in [2.75, 3.05) is 0 Å². The molecule has 7 nitrogen and oxygen atoms in total. The Kier molecular flexibility index (Phi) is 4.12. The molecule has 0 amide bonds. The number of thiophene rings is 2. The van der Waals surface area contributed by atoms with Crippen LogP contribution in [0.5, 0.6) is 0 Å². The molecule has 0 atom stereocenters. The minimum Gasteiger partial charge on any atom is -0.206 e. The van der Waals surface area contributed by atoms with E-state index in [4.69, 9.17) is 0 Å². The van der Waals surface area contributed by atoms with Gasteiger partial charge in [0.15, 0.2) is 11.5 Å². The molecule has 0 radical (unpaired) electrons. The van der Waals surface area contributed by atoms with Gasteiger partial charge in [-0.1, -0.05) is 0 Å². The van der Waals surface area contributed by atoms with Crippen molar-refractivity contribution < 1.29 is 8.42 Å². The summed E-state index contributed by atoms with van der Waals surface area (Å²) in [5, 5.41) is 16.6. The fraction of sp³-hybridized carbons (Fsp3) is 0.133. The lowest BCUT2D eigenvalue weighted by atomic mass is 10.2. The highest BCUT2D eigenvalue weighted by Crippen LogP contribution is 2.21. The smallest absolute Gasteiger partial charge is 0.206 e. The Balaban J connectivity index is 1.62. The molecule has 0 saturated carbocycles. The van der Waals surface area contributed by atoms with E-state index >= 15 is 0 Å². The molecule has 4 aromatic rings. The van der Waals surface area contributed by atoms with Gasteiger partial charge in [0.1, 0.15) is 4.21 Å². The predicted molar refractivity (Wildman–Crippen MR) is 97.2 cm³/mol. The van der Waals surface area contributed by atoms with Crippen molar-refractivity contribution in [3.8, 4) is 11.3 Å². The van der Waals surface area contributed by atoms with Crippen LogP contribution >= 0.6 is 22.7 Å². The largest absolute Gasteiger partial charge is 0.250 e. The Morgan fingerprint density at radius 2 is 2.04 bits per heavy atom. The zero-order valence-electron chi connectivity index (χ0n) is 13.1. The van der Waals surface area contributed by atoms with Crippen molar-refractivity contribution in [1.82, 2.24) is 24.5 Å². The highest BCUT2D eigenvalue weighted by Gasteiger charge is 2.18. The van der Waals surface area contributed by atoms with Gasteiger partial charge < -0.3 is 0 Å². The molecule has 1 N–H and O–H groups in total. The maximum atomic E-state index is 12.4. The SMILES string of the molecule is Cc1ccc(S(=O)(=O)NCc2nnc3ccc(-c4ccsc4)nn23)s1. The molecule has 0 unspecified atom stereocenters. The summed E-state index contributed by atoms with van der Waals surface area (Å²) in [4.78, 5) is 0.940. The van der Waals surface area contributed by atoms with Gasteiger partial charge in [-0.2, -0.15) is 21.0 Å². The number of sulfonamides is 1. The number of rotatable bonds is 5. The van der Waals surface area contributed by atoms with E-state index in [1.165, 1.54) is 11.3 Å². The second-order valence-electron chi connectivity index (χ2n) is 5.31. The van der Waals surface area contributed by atoms with Crippen LogP contribution in [0.15, 0.2) is 45.3 Å². The second kappa shape index (κ2) is 6.30. The lowest BCUT2D eigenvalue weighted by Gasteiger charge is -2.04. The van der Waals surface area contributed by atoms with Crippen LogP contribution in [-0.4, -0.2) is 28.2 Å². The number of fused-ring (bicyclic) bond motifs is 1. The Bertz CT molecular complexity index is 1130. The summed E-state index contributed by atoms with van der Waals surface area (Å²) >= 11 is 2.82. The first-order valence-electron chi connectivity index (χ1n) is 7.33. The van der Waals surface area contributed by atoms with E-state index in [1.807, 2.05) is 35.9 Å². The van der Waals surface area contributed by atoms with Crippen molar-refractivity contribution in [3.05, 3.63) is 51.8 Å². The first-order chi connectivity index (χ1) is 12.0.